The van der Waals surface area contributed by atoms with Gasteiger partial charge in [0.15, 0.2) is 0 Å². The summed E-state index contributed by atoms with van der Waals surface area (Å²) in [5, 5.41) is 9.16. The van der Waals surface area contributed by atoms with Gasteiger partial charge in [0.05, 0.1) is 12.2 Å². The van der Waals surface area contributed by atoms with E-state index >= 15 is 0 Å². The predicted molar refractivity (Wildman–Crippen MR) is 61.3 cm³/mol. The molecule has 0 saturated heterocycles. The highest BCUT2D eigenvalue weighted by molar-refractivity contribution is 7.85. The molecule has 0 heterocycles. The molecule has 0 fully saturated rings. The second-order valence-corrected chi connectivity index (χ2v) is 5.33. The quantitative estimate of drug-likeness (QED) is 0.793. The van der Waals surface area contributed by atoms with E-state index in [1.54, 1.807) is 24.3 Å². The second kappa shape index (κ2) is 5.43. The van der Waals surface area contributed by atoms with Gasteiger partial charge in [0.1, 0.15) is 5.75 Å². The molecule has 5 heteroatoms. The summed E-state index contributed by atoms with van der Waals surface area (Å²) in [6.45, 7) is 3.01. The predicted octanol–water partition coefficient (Wildman–Crippen LogP) is 1.30. The van der Waals surface area contributed by atoms with Crippen molar-refractivity contribution in [3.05, 3.63) is 35.9 Å². The molecule has 0 aromatic heterocycles. The van der Waals surface area contributed by atoms with Crippen molar-refractivity contribution in [2.75, 3.05) is 0 Å². The van der Waals surface area contributed by atoms with Gasteiger partial charge in [-0.25, -0.2) is 0 Å². The molecule has 0 bridgehead atoms. The van der Waals surface area contributed by atoms with Gasteiger partial charge < -0.3 is 5.11 Å². The first-order chi connectivity index (χ1) is 7.41. The van der Waals surface area contributed by atoms with Gasteiger partial charge in [-0.3, -0.25) is 4.18 Å². The zero-order valence-corrected chi connectivity index (χ0v) is 10.1. The number of aliphatic hydroxyl groups excluding tert-OH is 1. The van der Waals surface area contributed by atoms with E-state index in [4.69, 9.17) is 9.29 Å². The van der Waals surface area contributed by atoms with Gasteiger partial charge in [-0.1, -0.05) is 30.3 Å². The lowest BCUT2D eigenvalue weighted by Gasteiger charge is -2.15. The third kappa shape index (κ3) is 4.30. The zero-order chi connectivity index (χ0) is 12.2. The van der Waals surface area contributed by atoms with E-state index in [0.717, 1.165) is 0 Å². The minimum atomic E-state index is -3.64. The van der Waals surface area contributed by atoms with Crippen LogP contribution in [0.2, 0.25) is 0 Å². The fraction of sp³-hybridized carbons (Fsp3) is 0.455. The molecular weight excluding hydrogens is 228 g/mol. The Bertz CT molecular complexity index is 411. The van der Waals surface area contributed by atoms with Crippen LogP contribution in [0.5, 0.6) is 0 Å². The highest BCUT2D eigenvalue weighted by Crippen LogP contribution is 2.11. The molecule has 0 aliphatic heterocycles. The molecule has 2 unspecified atom stereocenters. The van der Waals surface area contributed by atoms with E-state index in [9.17, 15) is 8.42 Å². The third-order valence-corrected chi connectivity index (χ3v) is 3.45. The smallest absolute Gasteiger partial charge is 0.271 e. The molecular formula is C11H16O4S. The summed E-state index contributed by atoms with van der Waals surface area (Å²) in [5.74, 6) is -0.176. The van der Waals surface area contributed by atoms with Crippen LogP contribution in [0, 0.1) is 0 Å². The molecule has 90 valence electrons. The van der Waals surface area contributed by atoms with Crippen molar-refractivity contribution >= 4 is 10.1 Å². The Labute approximate surface area is 96.0 Å². The van der Waals surface area contributed by atoms with Crippen molar-refractivity contribution in [2.45, 2.75) is 31.8 Å². The molecule has 0 aliphatic rings. The fourth-order valence-electron chi connectivity index (χ4n) is 1.12. The molecule has 1 N–H and O–H groups in total. The Balaban J connectivity index is 2.66. The topological polar surface area (TPSA) is 63.6 Å². The van der Waals surface area contributed by atoms with Crippen molar-refractivity contribution in [1.82, 2.24) is 0 Å². The molecule has 1 aromatic rings. The van der Waals surface area contributed by atoms with E-state index in [-0.39, 0.29) is 5.75 Å². The van der Waals surface area contributed by atoms with Crippen LogP contribution < -0.4 is 0 Å². The molecule has 1 rings (SSSR count). The molecule has 0 saturated carbocycles. The maximum absolute atomic E-state index is 11.6. The Kier molecular flexibility index (Phi) is 4.46. The summed E-state index contributed by atoms with van der Waals surface area (Å²) in [7, 11) is -3.64. The van der Waals surface area contributed by atoms with Gasteiger partial charge >= 0.3 is 0 Å². The van der Waals surface area contributed by atoms with E-state index in [2.05, 4.69) is 0 Å². The largest absolute Gasteiger partial charge is 0.391 e. The number of hydrogen-bond acceptors (Lipinski definition) is 4. The number of rotatable bonds is 5. The molecule has 0 aliphatic carbocycles. The van der Waals surface area contributed by atoms with Gasteiger partial charge in [-0.05, 0) is 19.4 Å². The fourth-order valence-corrected chi connectivity index (χ4v) is 2.42. The zero-order valence-electron chi connectivity index (χ0n) is 9.33. The molecule has 0 radical (unpaired) electrons. The lowest BCUT2D eigenvalue weighted by Crippen LogP contribution is -2.26. The highest BCUT2D eigenvalue weighted by atomic mass is 32.2. The Hall–Kier alpha value is -0.910. The van der Waals surface area contributed by atoms with Gasteiger partial charge in [0.25, 0.3) is 10.1 Å². The van der Waals surface area contributed by atoms with E-state index in [1.807, 2.05) is 6.07 Å². The van der Waals surface area contributed by atoms with Crippen molar-refractivity contribution in [3.8, 4) is 0 Å². The highest BCUT2D eigenvalue weighted by Gasteiger charge is 2.19. The Morgan fingerprint density at radius 3 is 2.31 bits per heavy atom. The number of aliphatic hydroxyl groups is 1. The SMILES string of the molecule is CC(O)C(C)OS(=O)(=O)Cc1ccccc1. The van der Waals surface area contributed by atoms with Gasteiger partial charge in [-0.2, -0.15) is 8.42 Å². The van der Waals surface area contributed by atoms with Gasteiger partial charge in [0.2, 0.25) is 0 Å². The normalized spacial score (nSPS) is 15.7. The van der Waals surface area contributed by atoms with Crippen molar-refractivity contribution in [3.63, 3.8) is 0 Å². The minimum Gasteiger partial charge on any atom is -0.391 e. The summed E-state index contributed by atoms with van der Waals surface area (Å²) in [4.78, 5) is 0. The van der Waals surface area contributed by atoms with Crippen LogP contribution in [0.25, 0.3) is 0 Å². The summed E-state index contributed by atoms with van der Waals surface area (Å²) in [6, 6.07) is 8.78. The lowest BCUT2D eigenvalue weighted by molar-refractivity contribution is 0.0645. The van der Waals surface area contributed by atoms with Crippen LogP contribution in [0.15, 0.2) is 30.3 Å². The average Bonchev–Trinajstić information content (AvgIpc) is 2.17. The summed E-state index contributed by atoms with van der Waals surface area (Å²) >= 11 is 0. The van der Waals surface area contributed by atoms with Crippen LogP contribution in [0.4, 0.5) is 0 Å². The number of hydrogen-bond donors (Lipinski definition) is 1. The maximum Gasteiger partial charge on any atom is 0.271 e. The van der Waals surface area contributed by atoms with Gasteiger partial charge in [0, 0.05) is 0 Å². The van der Waals surface area contributed by atoms with Crippen LogP contribution in [0.1, 0.15) is 19.4 Å². The summed E-state index contributed by atoms with van der Waals surface area (Å²) in [5.41, 5.74) is 0.667. The van der Waals surface area contributed by atoms with Gasteiger partial charge in [-0.15, -0.1) is 0 Å². The second-order valence-electron chi connectivity index (χ2n) is 3.73. The molecule has 0 spiro atoms. The minimum absolute atomic E-state index is 0.176. The molecule has 1 aromatic carbocycles. The summed E-state index contributed by atoms with van der Waals surface area (Å²) < 4.78 is 28.0. The standard InChI is InChI=1S/C11H16O4S/c1-9(12)10(2)15-16(13,14)8-11-6-4-3-5-7-11/h3-7,9-10,12H,8H2,1-2H3. The van der Waals surface area contributed by atoms with Crippen LogP contribution in [0.3, 0.4) is 0 Å². The van der Waals surface area contributed by atoms with Crippen LogP contribution >= 0.6 is 0 Å². The molecule has 2 atom stereocenters. The first-order valence-corrected chi connectivity index (χ1v) is 6.61. The van der Waals surface area contributed by atoms with Crippen LogP contribution in [-0.4, -0.2) is 25.7 Å². The average molecular weight is 244 g/mol. The Morgan fingerprint density at radius 1 is 1.25 bits per heavy atom. The maximum atomic E-state index is 11.6. The van der Waals surface area contributed by atoms with E-state index < -0.39 is 22.3 Å². The van der Waals surface area contributed by atoms with Crippen molar-refractivity contribution < 1.29 is 17.7 Å². The Morgan fingerprint density at radius 2 is 1.81 bits per heavy atom. The van der Waals surface area contributed by atoms with Crippen molar-refractivity contribution in [2.24, 2.45) is 0 Å². The molecule has 0 amide bonds. The van der Waals surface area contributed by atoms with E-state index in [0.29, 0.717) is 5.56 Å². The third-order valence-electron chi connectivity index (χ3n) is 2.16. The summed E-state index contributed by atoms with van der Waals surface area (Å²) in [6.07, 6.45) is -1.54. The van der Waals surface area contributed by atoms with Crippen molar-refractivity contribution in [1.29, 1.82) is 0 Å². The lowest BCUT2D eigenvalue weighted by atomic mass is 10.2. The molecule has 4 nitrogen and oxygen atoms in total. The van der Waals surface area contributed by atoms with E-state index in [1.165, 1.54) is 13.8 Å². The first-order valence-electron chi connectivity index (χ1n) is 5.03. The monoisotopic (exact) mass is 244 g/mol. The van der Waals surface area contributed by atoms with Crippen LogP contribution in [-0.2, 0) is 20.1 Å². The number of benzene rings is 1. The first kappa shape index (κ1) is 13.2. The molecule has 16 heavy (non-hydrogen) atoms.